The highest BCUT2D eigenvalue weighted by molar-refractivity contribution is 5.86. The third kappa shape index (κ3) is 6.65. The number of nitrogens with zero attached hydrogens (tertiary/aromatic N) is 1. The molecule has 0 aromatic heterocycles. The van der Waals surface area contributed by atoms with E-state index < -0.39 is 24.0 Å². The topological polar surface area (TPSA) is 134 Å². The molecule has 2 aliphatic heterocycles. The van der Waals surface area contributed by atoms with Crippen LogP contribution < -0.4 is 10.6 Å². The molecule has 42 heavy (non-hydrogen) atoms. The van der Waals surface area contributed by atoms with E-state index in [0.717, 1.165) is 28.7 Å². The van der Waals surface area contributed by atoms with E-state index in [2.05, 4.69) is 22.8 Å². The van der Waals surface area contributed by atoms with Crippen LogP contribution in [0, 0.1) is 5.92 Å². The Kier molecular flexibility index (Phi) is 9.53. The molecule has 0 bridgehead atoms. The van der Waals surface area contributed by atoms with Gasteiger partial charge in [0.25, 0.3) is 0 Å². The molecule has 3 atom stereocenters. The van der Waals surface area contributed by atoms with Crippen LogP contribution in [0.5, 0.6) is 0 Å². The van der Waals surface area contributed by atoms with E-state index in [1.54, 1.807) is 17.1 Å². The Morgan fingerprint density at radius 2 is 1.69 bits per heavy atom. The van der Waals surface area contributed by atoms with Gasteiger partial charge in [-0.3, -0.25) is 9.59 Å². The standard InChI is InChI=1S/C32H37N3O7/c36-17-15-33-29(37)18-21-8-1-6-14-28(31(39)41-19-22-9-7-16-35(22)30(21)38)34-32(40)42-20-27-25-12-4-2-10-23(25)24-11-3-5-13-26(24)27/h1-6,10-13,21-22,27-28,36H,7-9,14-20H2,(H,33,37)(H,34,40)/b6-1-/t21-,22+,28+/m1/s1. The van der Waals surface area contributed by atoms with E-state index in [0.29, 0.717) is 19.4 Å². The average Bonchev–Trinajstić information content (AvgIpc) is 3.60. The van der Waals surface area contributed by atoms with Crippen molar-refractivity contribution >= 4 is 23.9 Å². The Morgan fingerprint density at radius 3 is 2.40 bits per heavy atom. The summed E-state index contributed by atoms with van der Waals surface area (Å²) in [6.07, 6.45) is 4.66. The van der Waals surface area contributed by atoms with Crippen molar-refractivity contribution in [2.45, 2.75) is 50.1 Å². The molecule has 10 nitrogen and oxygen atoms in total. The third-order valence-corrected chi connectivity index (χ3v) is 8.17. The highest BCUT2D eigenvalue weighted by atomic mass is 16.6. The molecule has 1 aliphatic carbocycles. The first-order valence-electron chi connectivity index (χ1n) is 14.6. The number of nitrogens with one attached hydrogen (secondary N) is 2. The lowest BCUT2D eigenvalue weighted by Gasteiger charge is -2.29. The van der Waals surface area contributed by atoms with Gasteiger partial charge >= 0.3 is 12.1 Å². The molecule has 0 radical (unpaired) electrons. The number of cyclic esters (lactones) is 1. The van der Waals surface area contributed by atoms with Crippen LogP contribution in [0.2, 0.25) is 0 Å². The van der Waals surface area contributed by atoms with Crippen molar-refractivity contribution in [1.82, 2.24) is 15.5 Å². The predicted octanol–water partition coefficient (Wildman–Crippen LogP) is 2.89. The van der Waals surface area contributed by atoms with Crippen LogP contribution in [0.25, 0.3) is 11.1 Å². The maximum absolute atomic E-state index is 13.3. The summed E-state index contributed by atoms with van der Waals surface area (Å²) in [6, 6.07) is 14.9. The van der Waals surface area contributed by atoms with Crippen LogP contribution in [0.3, 0.4) is 0 Å². The Bertz CT molecular complexity index is 1300. The number of fused-ring (bicyclic) bond motifs is 4. The smallest absolute Gasteiger partial charge is 0.407 e. The first kappa shape index (κ1) is 29.3. The van der Waals surface area contributed by atoms with Gasteiger partial charge in [-0.1, -0.05) is 60.7 Å². The summed E-state index contributed by atoms with van der Waals surface area (Å²) in [6.45, 7) is 0.612. The number of allylic oxidation sites excluding steroid dienone is 1. The maximum Gasteiger partial charge on any atom is 0.407 e. The minimum atomic E-state index is -0.965. The molecule has 0 saturated carbocycles. The molecule has 1 saturated heterocycles. The molecule has 0 unspecified atom stereocenters. The van der Waals surface area contributed by atoms with Crippen molar-refractivity contribution in [3.05, 3.63) is 71.8 Å². The first-order valence-corrected chi connectivity index (χ1v) is 14.6. The van der Waals surface area contributed by atoms with E-state index in [9.17, 15) is 19.2 Å². The molecule has 3 N–H and O–H groups in total. The molecule has 222 valence electrons. The quantitative estimate of drug-likeness (QED) is 0.341. The second kappa shape index (κ2) is 13.7. The summed E-state index contributed by atoms with van der Waals surface area (Å²) in [4.78, 5) is 53.3. The van der Waals surface area contributed by atoms with Crippen molar-refractivity contribution in [1.29, 1.82) is 0 Å². The number of esters is 1. The molecule has 1 fully saturated rings. The normalized spacial score (nSPS) is 23.0. The van der Waals surface area contributed by atoms with Crippen LogP contribution in [0.4, 0.5) is 4.79 Å². The summed E-state index contributed by atoms with van der Waals surface area (Å²) in [7, 11) is 0. The summed E-state index contributed by atoms with van der Waals surface area (Å²) in [5.41, 5.74) is 4.43. The fourth-order valence-corrected chi connectivity index (χ4v) is 6.06. The Morgan fingerprint density at radius 1 is 1.00 bits per heavy atom. The van der Waals surface area contributed by atoms with Crippen LogP contribution in [-0.4, -0.2) is 78.9 Å². The fourth-order valence-electron chi connectivity index (χ4n) is 6.06. The number of hydrogen-bond donors (Lipinski definition) is 3. The predicted molar refractivity (Wildman–Crippen MR) is 154 cm³/mol. The molecule has 10 heteroatoms. The lowest BCUT2D eigenvalue weighted by molar-refractivity contribution is -0.150. The third-order valence-electron chi connectivity index (χ3n) is 8.17. The zero-order valence-electron chi connectivity index (χ0n) is 23.5. The summed E-state index contributed by atoms with van der Waals surface area (Å²) in [5, 5.41) is 14.3. The van der Waals surface area contributed by atoms with Gasteiger partial charge in [-0.25, -0.2) is 9.59 Å². The monoisotopic (exact) mass is 575 g/mol. The van der Waals surface area contributed by atoms with Crippen LogP contribution in [0.1, 0.15) is 49.1 Å². The van der Waals surface area contributed by atoms with Crippen molar-refractivity contribution < 1.29 is 33.8 Å². The van der Waals surface area contributed by atoms with Gasteiger partial charge in [0, 0.05) is 25.4 Å². The minimum Gasteiger partial charge on any atom is -0.462 e. The van der Waals surface area contributed by atoms with Crippen LogP contribution in [0.15, 0.2) is 60.7 Å². The van der Waals surface area contributed by atoms with Gasteiger partial charge < -0.3 is 30.1 Å². The number of aliphatic hydroxyl groups excluding tert-OH is 1. The highest BCUT2D eigenvalue weighted by Gasteiger charge is 2.36. The van der Waals surface area contributed by atoms with Crippen molar-refractivity contribution in [3.63, 3.8) is 0 Å². The molecule has 2 aromatic rings. The lowest BCUT2D eigenvalue weighted by Crippen LogP contribution is -2.46. The van der Waals surface area contributed by atoms with Gasteiger partial charge in [0.05, 0.1) is 18.6 Å². The minimum absolute atomic E-state index is 0.00634. The van der Waals surface area contributed by atoms with Gasteiger partial charge in [0.1, 0.15) is 19.3 Å². The first-order chi connectivity index (χ1) is 20.5. The number of aliphatic hydroxyl groups is 1. The van der Waals surface area contributed by atoms with Crippen LogP contribution in [-0.2, 0) is 23.9 Å². The maximum atomic E-state index is 13.3. The SMILES string of the molecule is O=C(C[C@H]1C/C=C\C[C@H](NC(=O)OCC2c3ccccc3-c3ccccc32)C(=O)OC[C@@H]2CCCN2C1=O)NCCO. The van der Waals surface area contributed by atoms with Gasteiger partial charge in [0.2, 0.25) is 11.8 Å². The summed E-state index contributed by atoms with van der Waals surface area (Å²) >= 11 is 0. The Hall–Kier alpha value is -4.18. The Balaban J connectivity index is 1.24. The van der Waals surface area contributed by atoms with Gasteiger partial charge in [-0.15, -0.1) is 0 Å². The Labute approximate surface area is 245 Å². The molecule has 5 rings (SSSR count). The number of rotatable bonds is 7. The van der Waals surface area contributed by atoms with E-state index in [4.69, 9.17) is 14.6 Å². The number of carbonyl (C=O) groups is 4. The molecular weight excluding hydrogens is 538 g/mol. The average molecular weight is 576 g/mol. The van der Waals surface area contributed by atoms with Gasteiger partial charge in [0.15, 0.2) is 0 Å². The van der Waals surface area contributed by atoms with E-state index in [-0.39, 0.29) is 63.0 Å². The van der Waals surface area contributed by atoms with Gasteiger partial charge in [-0.2, -0.15) is 0 Å². The lowest BCUT2D eigenvalue weighted by atomic mass is 9.97. The number of alkyl carbamates (subject to hydrolysis) is 1. The molecule has 2 aromatic carbocycles. The second-order valence-electron chi connectivity index (χ2n) is 10.9. The van der Waals surface area contributed by atoms with Crippen molar-refractivity contribution in [3.8, 4) is 11.1 Å². The fraction of sp³-hybridized carbons (Fsp3) is 0.438. The van der Waals surface area contributed by atoms with E-state index in [1.807, 2.05) is 36.4 Å². The summed E-state index contributed by atoms with van der Waals surface area (Å²) in [5.74, 6) is -1.73. The van der Waals surface area contributed by atoms with E-state index >= 15 is 0 Å². The number of benzene rings is 2. The summed E-state index contributed by atoms with van der Waals surface area (Å²) < 4.78 is 11.2. The number of amides is 3. The highest BCUT2D eigenvalue weighted by Crippen LogP contribution is 2.44. The molecular formula is C32H37N3O7. The number of hydrogen-bond acceptors (Lipinski definition) is 7. The van der Waals surface area contributed by atoms with Crippen LogP contribution >= 0.6 is 0 Å². The largest absolute Gasteiger partial charge is 0.462 e. The van der Waals surface area contributed by atoms with Gasteiger partial charge in [-0.05, 0) is 47.9 Å². The van der Waals surface area contributed by atoms with Crippen molar-refractivity contribution in [2.75, 3.05) is 32.9 Å². The molecule has 3 aliphatic rings. The van der Waals surface area contributed by atoms with E-state index in [1.165, 1.54) is 0 Å². The second-order valence-corrected chi connectivity index (χ2v) is 10.9. The number of carbonyl (C=O) groups excluding carboxylic acids is 4. The molecule has 2 heterocycles. The zero-order valence-corrected chi connectivity index (χ0v) is 23.5. The molecule has 0 spiro atoms. The molecule has 3 amide bonds. The van der Waals surface area contributed by atoms with Crippen molar-refractivity contribution in [2.24, 2.45) is 5.92 Å². The number of ether oxygens (including phenoxy) is 2. The zero-order chi connectivity index (χ0) is 29.5.